The maximum absolute atomic E-state index is 12.0. The number of fused-ring (bicyclic) bond motifs is 1. The Morgan fingerprint density at radius 3 is 2.50 bits per heavy atom. The first-order valence-corrected chi connectivity index (χ1v) is 10.2. The lowest BCUT2D eigenvalue weighted by Gasteiger charge is -2.08. The Labute approximate surface area is 178 Å². The van der Waals surface area contributed by atoms with Crippen molar-refractivity contribution in [1.82, 2.24) is 4.98 Å². The lowest BCUT2D eigenvalue weighted by atomic mass is 10.1. The van der Waals surface area contributed by atoms with Gasteiger partial charge in [0.2, 0.25) is 5.13 Å². The second kappa shape index (κ2) is 9.19. The van der Waals surface area contributed by atoms with Gasteiger partial charge in [-0.1, -0.05) is 41.7 Å². The van der Waals surface area contributed by atoms with Gasteiger partial charge in [-0.25, -0.2) is 4.98 Å². The van der Waals surface area contributed by atoms with E-state index in [2.05, 4.69) is 20.8 Å². The molecule has 0 aliphatic rings. The Morgan fingerprint density at radius 2 is 1.73 bits per heavy atom. The third-order valence-electron chi connectivity index (χ3n) is 4.31. The smallest absolute Gasteiger partial charge is 0.262 e. The number of hydrazone groups is 1. The fraction of sp³-hybridized carbons (Fsp3) is 0.0870. The van der Waals surface area contributed by atoms with Crippen LogP contribution in [0.15, 0.2) is 84.0 Å². The van der Waals surface area contributed by atoms with Crippen LogP contribution in [0.3, 0.4) is 0 Å². The summed E-state index contributed by atoms with van der Waals surface area (Å²) in [6.07, 6.45) is 0. The zero-order valence-corrected chi connectivity index (χ0v) is 17.1. The summed E-state index contributed by atoms with van der Waals surface area (Å²) >= 11 is 1.56. The third kappa shape index (κ3) is 5.01. The van der Waals surface area contributed by atoms with Gasteiger partial charge in [-0.05, 0) is 61.0 Å². The fourth-order valence-corrected chi connectivity index (χ4v) is 3.58. The van der Waals surface area contributed by atoms with Gasteiger partial charge < -0.3 is 10.1 Å². The van der Waals surface area contributed by atoms with E-state index in [0.29, 0.717) is 5.75 Å². The number of carbonyl (C=O) groups excluding carboxylic acids is 1. The molecule has 3 aromatic carbocycles. The molecule has 1 heterocycles. The van der Waals surface area contributed by atoms with E-state index in [1.165, 1.54) is 0 Å². The molecule has 0 unspecified atom stereocenters. The molecule has 0 saturated carbocycles. The number of aromatic nitrogens is 1. The van der Waals surface area contributed by atoms with E-state index in [4.69, 9.17) is 4.74 Å². The van der Waals surface area contributed by atoms with Crippen molar-refractivity contribution in [3.63, 3.8) is 0 Å². The first-order valence-electron chi connectivity index (χ1n) is 9.41. The van der Waals surface area contributed by atoms with Crippen LogP contribution in [0.5, 0.6) is 5.75 Å². The number of benzene rings is 3. The van der Waals surface area contributed by atoms with Crippen molar-refractivity contribution in [2.45, 2.75) is 6.92 Å². The van der Waals surface area contributed by atoms with Gasteiger partial charge in [-0.3, -0.25) is 10.2 Å². The summed E-state index contributed by atoms with van der Waals surface area (Å²) in [5, 5.41) is 7.96. The molecule has 0 atom stereocenters. The summed E-state index contributed by atoms with van der Waals surface area (Å²) in [6, 6.07) is 24.7. The van der Waals surface area contributed by atoms with Crippen LogP contribution in [0.4, 0.5) is 10.8 Å². The second-order valence-electron chi connectivity index (χ2n) is 6.52. The molecule has 0 fully saturated rings. The van der Waals surface area contributed by atoms with Crippen LogP contribution in [0.1, 0.15) is 12.5 Å². The molecule has 0 radical (unpaired) electrons. The number of nitrogens with one attached hydrogen (secondary N) is 2. The van der Waals surface area contributed by atoms with E-state index < -0.39 is 0 Å². The number of ether oxygens (including phenoxy) is 1. The maximum atomic E-state index is 12.0. The summed E-state index contributed by atoms with van der Waals surface area (Å²) in [5.74, 6) is 0.414. The standard InChI is InChI=1S/C23H20N4O2S/c1-16(26-27-23-25-20-9-5-6-10-21(20)30-23)17-11-13-19(14-12-17)29-15-22(28)24-18-7-3-2-4-8-18/h2-14H,15H2,1H3,(H,24,28)(H,25,27)/b26-16-. The van der Waals surface area contributed by atoms with Gasteiger partial charge in [0.1, 0.15) is 5.75 Å². The van der Waals surface area contributed by atoms with E-state index >= 15 is 0 Å². The van der Waals surface area contributed by atoms with Gasteiger partial charge in [-0.2, -0.15) is 5.10 Å². The highest BCUT2D eigenvalue weighted by molar-refractivity contribution is 7.22. The van der Waals surface area contributed by atoms with Crippen molar-refractivity contribution in [1.29, 1.82) is 0 Å². The first-order chi connectivity index (χ1) is 14.7. The second-order valence-corrected chi connectivity index (χ2v) is 7.55. The normalized spacial score (nSPS) is 11.3. The Bertz CT molecular complexity index is 1140. The molecule has 0 spiro atoms. The number of hydrogen-bond donors (Lipinski definition) is 2. The monoisotopic (exact) mass is 416 g/mol. The van der Waals surface area contributed by atoms with Crippen molar-refractivity contribution in [2.24, 2.45) is 5.10 Å². The topological polar surface area (TPSA) is 75.6 Å². The molecule has 1 aromatic heterocycles. The number of hydrogen-bond acceptors (Lipinski definition) is 6. The van der Waals surface area contributed by atoms with Crippen molar-refractivity contribution < 1.29 is 9.53 Å². The van der Waals surface area contributed by atoms with Crippen LogP contribution in [0, 0.1) is 0 Å². The van der Waals surface area contributed by atoms with Gasteiger partial charge in [0.05, 0.1) is 15.9 Å². The average molecular weight is 417 g/mol. The molecule has 30 heavy (non-hydrogen) atoms. The minimum absolute atomic E-state index is 0.0551. The highest BCUT2D eigenvalue weighted by Crippen LogP contribution is 2.25. The highest BCUT2D eigenvalue weighted by Gasteiger charge is 2.05. The largest absolute Gasteiger partial charge is 0.484 e. The predicted molar refractivity (Wildman–Crippen MR) is 122 cm³/mol. The van der Waals surface area contributed by atoms with Crippen LogP contribution in [0.25, 0.3) is 10.2 Å². The van der Waals surface area contributed by atoms with E-state index in [1.807, 2.05) is 85.8 Å². The Hall–Kier alpha value is -3.71. The Balaban J connectivity index is 1.32. The number of nitrogens with zero attached hydrogens (tertiary/aromatic N) is 2. The molecule has 6 nitrogen and oxygen atoms in total. The molecule has 7 heteroatoms. The number of thiazole rings is 1. The number of rotatable bonds is 7. The molecule has 1 amide bonds. The van der Waals surface area contributed by atoms with E-state index in [0.717, 1.165) is 32.3 Å². The van der Waals surface area contributed by atoms with E-state index in [9.17, 15) is 4.79 Å². The molecule has 0 aliphatic heterocycles. The zero-order chi connectivity index (χ0) is 20.8. The number of amides is 1. The molecule has 2 N–H and O–H groups in total. The Morgan fingerprint density at radius 1 is 1.00 bits per heavy atom. The molecular formula is C23H20N4O2S. The summed E-state index contributed by atoms with van der Waals surface area (Å²) < 4.78 is 6.68. The fourth-order valence-electron chi connectivity index (χ4n) is 2.78. The van der Waals surface area contributed by atoms with Crippen LogP contribution >= 0.6 is 11.3 Å². The van der Waals surface area contributed by atoms with Crippen LogP contribution in [0.2, 0.25) is 0 Å². The first kappa shape index (κ1) is 19.6. The lowest BCUT2D eigenvalue weighted by molar-refractivity contribution is -0.118. The molecule has 4 rings (SSSR count). The number of para-hydroxylation sites is 2. The third-order valence-corrected chi connectivity index (χ3v) is 5.25. The predicted octanol–water partition coefficient (Wildman–Crippen LogP) is 5.15. The van der Waals surface area contributed by atoms with Crippen molar-refractivity contribution in [3.05, 3.63) is 84.4 Å². The Kier molecular flexibility index (Phi) is 6.01. The molecule has 0 bridgehead atoms. The highest BCUT2D eigenvalue weighted by atomic mass is 32.1. The van der Waals surface area contributed by atoms with Crippen molar-refractivity contribution >= 4 is 44.0 Å². The summed E-state index contributed by atoms with van der Waals surface area (Å²) in [7, 11) is 0. The van der Waals surface area contributed by atoms with Crippen LogP contribution in [-0.4, -0.2) is 23.2 Å². The molecule has 0 aliphatic carbocycles. The van der Waals surface area contributed by atoms with Gasteiger partial charge in [0.15, 0.2) is 6.61 Å². The SMILES string of the molecule is C/C(=N/Nc1nc2ccccc2s1)c1ccc(OCC(=O)Nc2ccccc2)cc1. The lowest BCUT2D eigenvalue weighted by Crippen LogP contribution is -2.20. The molecule has 0 saturated heterocycles. The van der Waals surface area contributed by atoms with Crippen LogP contribution in [-0.2, 0) is 4.79 Å². The average Bonchev–Trinajstić information content (AvgIpc) is 3.20. The minimum Gasteiger partial charge on any atom is -0.484 e. The zero-order valence-electron chi connectivity index (χ0n) is 16.3. The summed E-state index contributed by atoms with van der Waals surface area (Å²) in [6.45, 7) is 1.87. The summed E-state index contributed by atoms with van der Waals surface area (Å²) in [5.41, 5.74) is 6.49. The van der Waals surface area contributed by atoms with Gasteiger partial charge in [-0.15, -0.1) is 0 Å². The quantitative estimate of drug-likeness (QED) is 0.323. The van der Waals surface area contributed by atoms with Gasteiger partial charge in [0, 0.05) is 5.69 Å². The van der Waals surface area contributed by atoms with E-state index in [-0.39, 0.29) is 12.5 Å². The summed E-state index contributed by atoms with van der Waals surface area (Å²) in [4.78, 5) is 16.5. The van der Waals surface area contributed by atoms with Crippen molar-refractivity contribution in [3.8, 4) is 5.75 Å². The van der Waals surface area contributed by atoms with Crippen LogP contribution < -0.4 is 15.5 Å². The number of carbonyl (C=O) groups is 1. The molecular weight excluding hydrogens is 396 g/mol. The minimum atomic E-state index is -0.206. The maximum Gasteiger partial charge on any atom is 0.262 e. The van der Waals surface area contributed by atoms with E-state index in [1.54, 1.807) is 11.3 Å². The van der Waals surface area contributed by atoms with Crippen molar-refractivity contribution in [2.75, 3.05) is 17.3 Å². The molecule has 150 valence electrons. The molecule has 4 aromatic rings. The number of anilines is 2. The van der Waals surface area contributed by atoms with Gasteiger partial charge in [0.25, 0.3) is 5.91 Å². The van der Waals surface area contributed by atoms with Gasteiger partial charge >= 0.3 is 0 Å².